The number of ether oxygens (including phenoxy) is 1. The third kappa shape index (κ3) is 14.4. The maximum absolute atomic E-state index is 14.0. The van der Waals surface area contributed by atoms with Crippen molar-refractivity contribution in [3.63, 3.8) is 0 Å². The molecule has 1 aliphatic heterocycles. The molecule has 332 valence electrons. The summed E-state index contributed by atoms with van der Waals surface area (Å²) >= 11 is 0. The zero-order valence-corrected chi connectivity index (χ0v) is 35.8. The van der Waals surface area contributed by atoms with E-state index in [2.05, 4.69) is 62.4 Å². The third-order valence-electron chi connectivity index (χ3n) is 8.88. The number of morpholine rings is 1. The second-order valence-electron chi connectivity index (χ2n) is 13.1. The van der Waals surface area contributed by atoms with Crippen molar-refractivity contribution in [3.8, 4) is 0 Å². The third-order valence-corrected chi connectivity index (χ3v) is 9.36. The predicted octanol–water partition coefficient (Wildman–Crippen LogP) is 6.48. The quantitative estimate of drug-likeness (QED) is 0.0453. The van der Waals surface area contributed by atoms with Crippen LogP contribution in [0.25, 0.3) is 0 Å². The normalized spacial score (nSPS) is 12.6. The first-order valence-corrected chi connectivity index (χ1v) is 20.3. The van der Waals surface area contributed by atoms with Gasteiger partial charge in [-0.15, -0.1) is 9.24 Å². The highest BCUT2D eigenvalue weighted by atomic mass is 31.0. The van der Waals surface area contributed by atoms with E-state index in [1.807, 2.05) is 26.0 Å². The molecule has 0 spiro atoms. The summed E-state index contributed by atoms with van der Waals surface area (Å²) in [4.78, 5) is 52.5. The summed E-state index contributed by atoms with van der Waals surface area (Å²) < 4.78 is 47.2. The van der Waals surface area contributed by atoms with Crippen molar-refractivity contribution in [2.75, 3.05) is 48.8 Å². The molecule has 4 amide bonds. The molecule has 3 aromatic carbocycles. The standard InChI is InChI=1S/C24H27F2N5O3.C18H16FN4O3P.C2H6/c1-2-3-4-7-17(8-6-11-31-12-14-34-15-13-31)28-24(33)22-20(16-27-30-22)29-23(32)21-18(25)9-5-10-19(21)26;19-12-5-2-6-14(27)15(12)17(25)22-13-8-20-23-16(13)18(26)21-11-4-1-3-10(7-11)9-24;1-2/h2-5,8-10,16H,1,6-7,11-15H2,(H,27,30)(H,28,33)(H,29,32);1-8,24H,9,27H2,(H,20,23)(H,21,26)(H,22,25);1-2H3/b4-3-,17-8+;;. The van der Waals surface area contributed by atoms with Crippen LogP contribution in [0.15, 0.2) is 110 Å². The number of carbonyl (C=O) groups excluding carboxylic acids is 4. The molecule has 0 saturated carbocycles. The van der Waals surface area contributed by atoms with Crippen molar-refractivity contribution in [3.05, 3.63) is 155 Å². The van der Waals surface area contributed by atoms with Crippen LogP contribution in [0.2, 0.25) is 0 Å². The average molecular weight is 888 g/mol. The van der Waals surface area contributed by atoms with Crippen LogP contribution in [0.3, 0.4) is 0 Å². The lowest BCUT2D eigenvalue weighted by Gasteiger charge is -2.26. The Hall–Kier alpha value is -6.72. The van der Waals surface area contributed by atoms with Crippen molar-refractivity contribution < 1.29 is 42.2 Å². The largest absolute Gasteiger partial charge is 0.392 e. The Labute approximate surface area is 364 Å². The molecule has 5 aromatic rings. The van der Waals surface area contributed by atoms with E-state index in [1.54, 1.807) is 42.5 Å². The van der Waals surface area contributed by atoms with Gasteiger partial charge in [-0.05, 0) is 47.6 Å². The Morgan fingerprint density at radius 2 is 1.40 bits per heavy atom. The Morgan fingerprint density at radius 3 is 2.00 bits per heavy atom. The molecular formula is C44H49F3N9O6P. The number of H-pyrrole nitrogens is 2. The fraction of sp³-hybridized carbons (Fsp3) is 0.227. The van der Waals surface area contributed by atoms with Gasteiger partial charge < -0.3 is 31.1 Å². The van der Waals surface area contributed by atoms with Gasteiger partial charge in [-0.25, -0.2) is 13.2 Å². The monoisotopic (exact) mass is 887 g/mol. The minimum Gasteiger partial charge on any atom is -0.392 e. The Bertz CT molecular complexity index is 2370. The predicted molar refractivity (Wildman–Crippen MR) is 238 cm³/mol. The van der Waals surface area contributed by atoms with Crippen LogP contribution in [-0.2, 0) is 11.3 Å². The van der Waals surface area contributed by atoms with Crippen LogP contribution >= 0.6 is 9.24 Å². The highest BCUT2D eigenvalue weighted by Crippen LogP contribution is 2.20. The van der Waals surface area contributed by atoms with Gasteiger partial charge in [-0.1, -0.05) is 75.1 Å². The molecule has 0 aliphatic carbocycles. The molecule has 15 nitrogen and oxygen atoms in total. The van der Waals surface area contributed by atoms with E-state index < -0.39 is 46.6 Å². The van der Waals surface area contributed by atoms with Gasteiger partial charge in [0, 0.05) is 37.4 Å². The van der Waals surface area contributed by atoms with Crippen molar-refractivity contribution >= 4 is 55.2 Å². The van der Waals surface area contributed by atoms with Crippen LogP contribution in [-0.4, -0.2) is 86.9 Å². The van der Waals surface area contributed by atoms with Gasteiger partial charge in [0.25, 0.3) is 23.6 Å². The van der Waals surface area contributed by atoms with E-state index in [0.717, 1.165) is 44.3 Å². The Morgan fingerprint density at radius 1 is 0.825 bits per heavy atom. The minimum atomic E-state index is -1.03. The fourth-order valence-electron chi connectivity index (χ4n) is 5.84. The van der Waals surface area contributed by atoms with E-state index in [0.29, 0.717) is 41.9 Å². The van der Waals surface area contributed by atoms with Crippen LogP contribution in [0, 0.1) is 17.5 Å². The lowest BCUT2D eigenvalue weighted by molar-refractivity contribution is 0.0387. The smallest absolute Gasteiger partial charge is 0.275 e. The SMILES string of the molecule is C=C/C=C\C/C(=C\CCN1CCOCC1)NC(=O)c1[nH]ncc1NC(=O)c1c(F)cccc1F.CC.O=C(Nc1cccc(CO)c1)c1[nH]ncc1NC(=O)c1c(F)cccc1P. The number of allylic oxidation sites excluding steroid dienone is 3. The van der Waals surface area contributed by atoms with Crippen LogP contribution < -0.4 is 26.6 Å². The number of nitrogens with zero attached hydrogens (tertiary/aromatic N) is 3. The summed E-state index contributed by atoms with van der Waals surface area (Å²) in [5.74, 6) is -5.51. The first kappa shape index (κ1) is 48.9. The van der Waals surface area contributed by atoms with Crippen molar-refractivity contribution in [1.82, 2.24) is 30.6 Å². The second-order valence-corrected chi connectivity index (χ2v) is 13.8. The molecular weight excluding hydrogens is 839 g/mol. The maximum Gasteiger partial charge on any atom is 0.275 e. The molecule has 0 bridgehead atoms. The summed E-state index contributed by atoms with van der Waals surface area (Å²) in [6.45, 7) is 11.5. The number of aromatic nitrogens is 4. The zero-order chi connectivity index (χ0) is 45.7. The topological polar surface area (TPSA) is 206 Å². The van der Waals surface area contributed by atoms with Gasteiger partial charge in [-0.2, -0.15) is 10.2 Å². The molecule has 2 aromatic heterocycles. The molecule has 19 heteroatoms. The number of rotatable bonds is 15. The number of amides is 4. The number of anilines is 3. The molecule has 7 N–H and O–H groups in total. The molecule has 0 radical (unpaired) electrons. The highest BCUT2D eigenvalue weighted by Gasteiger charge is 2.23. The molecule has 1 fully saturated rings. The van der Waals surface area contributed by atoms with Crippen molar-refractivity contribution in [1.29, 1.82) is 0 Å². The fourth-order valence-corrected chi connectivity index (χ4v) is 6.22. The van der Waals surface area contributed by atoms with E-state index in [1.165, 1.54) is 24.5 Å². The summed E-state index contributed by atoms with van der Waals surface area (Å²) in [6.07, 6.45) is 10.8. The molecule has 1 saturated heterocycles. The first-order valence-electron chi connectivity index (χ1n) is 19.8. The highest BCUT2D eigenvalue weighted by molar-refractivity contribution is 7.27. The van der Waals surface area contributed by atoms with Crippen molar-refractivity contribution in [2.24, 2.45) is 0 Å². The number of benzene rings is 3. The lowest BCUT2D eigenvalue weighted by Crippen LogP contribution is -2.36. The van der Waals surface area contributed by atoms with Gasteiger partial charge in [-0.3, -0.25) is 34.3 Å². The minimum absolute atomic E-state index is 0.000506. The summed E-state index contributed by atoms with van der Waals surface area (Å²) in [6, 6.07) is 14.0. The number of aliphatic hydroxyl groups is 1. The zero-order valence-electron chi connectivity index (χ0n) is 34.6. The number of aliphatic hydroxyl groups excluding tert-OH is 1. The van der Waals surface area contributed by atoms with Gasteiger partial charge >= 0.3 is 0 Å². The van der Waals surface area contributed by atoms with E-state index in [-0.39, 0.29) is 34.9 Å². The Kier molecular flexibility index (Phi) is 19.6. The molecule has 63 heavy (non-hydrogen) atoms. The summed E-state index contributed by atoms with van der Waals surface area (Å²) in [5, 5.41) is 32.4. The van der Waals surface area contributed by atoms with Crippen LogP contribution in [0.1, 0.15) is 73.9 Å². The van der Waals surface area contributed by atoms with E-state index in [4.69, 9.17) is 9.84 Å². The van der Waals surface area contributed by atoms with Crippen molar-refractivity contribution in [2.45, 2.75) is 33.3 Å². The number of hydrogen-bond acceptors (Lipinski definition) is 9. The van der Waals surface area contributed by atoms with E-state index in [9.17, 15) is 32.3 Å². The number of hydrogen-bond donors (Lipinski definition) is 7. The molecule has 1 unspecified atom stereocenters. The number of nitrogens with one attached hydrogen (secondary N) is 6. The molecule has 3 heterocycles. The van der Waals surface area contributed by atoms with Crippen LogP contribution in [0.5, 0.6) is 0 Å². The van der Waals surface area contributed by atoms with Gasteiger partial charge in [0.15, 0.2) is 0 Å². The molecule has 6 rings (SSSR count). The number of halogens is 3. The molecule has 1 aliphatic rings. The van der Waals surface area contributed by atoms with E-state index >= 15 is 0 Å². The summed E-state index contributed by atoms with van der Waals surface area (Å²) in [7, 11) is 2.29. The average Bonchev–Trinajstić information content (AvgIpc) is 3.95. The summed E-state index contributed by atoms with van der Waals surface area (Å²) in [5.41, 5.74) is 0.972. The lowest BCUT2D eigenvalue weighted by atomic mass is 10.1. The first-order chi connectivity index (χ1) is 30.5. The maximum atomic E-state index is 14.0. The number of carbonyl (C=O) groups is 4. The van der Waals surface area contributed by atoms with Gasteiger partial charge in [0.1, 0.15) is 34.4 Å². The van der Waals surface area contributed by atoms with Gasteiger partial charge in [0.2, 0.25) is 0 Å². The Balaban J connectivity index is 0.000000272. The molecule has 1 atom stereocenters. The second kappa shape index (κ2) is 25.3. The van der Waals surface area contributed by atoms with Gasteiger partial charge in [0.05, 0.1) is 49.2 Å². The number of aromatic amines is 2. The van der Waals surface area contributed by atoms with Crippen LogP contribution in [0.4, 0.5) is 30.2 Å².